The molecule has 6 heteroatoms. The fourth-order valence-corrected chi connectivity index (χ4v) is 2.77. The van der Waals surface area contributed by atoms with E-state index in [0.717, 1.165) is 5.56 Å². The largest absolute Gasteiger partial charge is 0.463 e. The van der Waals surface area contributed by atoms with E-state index in [1.54, 1.807) is 18.7 Å². The van der Waals surface area contributed by atoms with E-state index in [0.29, 0.717) is 13.1 Å². The van der Waals surface area contributed by atoms with Crippen LogP contribution in [-0.4, -0.2) is 41.9 Å². The van der Waals surface area contributed by atoms with Crippen molar-refractivity contribution >= 4 is 17.8 Å². The van der Waals surface area contributed by atoms with Gasteiger partial charge in [0.15, 0.2) is 0 Å². The summed E-state index contributed by atoms with van der Waals surface area (Å²) in [5.74, 6) is -0.894. The number of carbonyl (C=O) groups excluding carboxylic acids is 3. The Labute approximate surface area is 148 Å². The molecule has 136 valence electrons. The van der Waals surface area contributed by atoms with Crippen LogP contribution in [0.5, 0.6) is 0 Å². The first-order valence-electron chi connectivity index (χ1n) is 8.65. The summed E-state index contributed by atoms with van der Waals surface area (Å²) in [6.07, 6.45) is 0.192. The standard InChI is InChI=1S/C19H26N2O4/c1-13(2)25-18(23)8-9-20-19(24)16-10-17(22)21(12-16)11-15-6-4-14(3)5-7-15/h4-7,13,16H,8-12H2,1-3H3,(H,20,24). The lowest BCUT2D eigenvalue weighted by atomic mass is 10.1. The van der Waals surface area contributed by atoms with Crippen LogP contribution < -0.4 is 5.32 Å². The van der Waals surface area contributed by atoms with E-state index < -0.39 is 0 Å². The lowest BCUT2D eigenvalue weighted by molar-refractivity contribution is -0.147. The minimum atomic E-state index is -0.362. The molecule has 1 heterocycles. The van der Waals surface area contributed by atoms with E-state index in [-0.39, 0.29) is 49.2 Å². The second-order valence-corrected chi connectivity index (χ2v) is 6.74. The van der Waals surface area contributed by atoms with Gasteiger partial charge in [-0.2, -0.15) is 0 Å². The van der Waals surface area contributed by atoms with Gasteiger partial charge in [-0.25, -0.2) is 0 Å². The molecule has 25 heavy (non-hydrogen) atoms. The van der Waals surface area contributed by atoms with Gasteiger partial charge in [0, 0.05) is 26.1 Å². The molecule has 2 amide bonds. The summed E-state index contributed by atoms with van der Waals surface area (Å²) in [6.45, 7) is 6.74. The Morgan fingerprint density at radius 2 is 1.96 bits per heavy atom. The first kappa shape index (κ1) is 19.0. The SMILES string of the molecule is Cc1ccc(CN2CC(C(=O)NCCC(=O)OC(C)C)CC2=O)cc1. The minimum Gasteiger partial charge on any atom is -0.463 e. The van der Waals surface area contributed by atoms with Gasteiger partial charge in [-0.15, -0.1) is 0 Å². The molecule has 1 N–H and O–H groups in total. The van der Waals surface area contributed by atoms with Crippen molar-refractivity contribution in [1.82, 2.24) is 10.2 Å². The highest BCUT2D eigenvalue weighted by Crippen LogP contribution is 2.20. The molecule has 1 unspecified atom stereocenters. The van der Waals surface area contributed by atoms with Crippen molar-refractivity contribution in [2.24, 2.45) is 5.92 Å². The number of amides is 2. The maximum Gasteiger partial charge on any atom is 0.307 e. The molecule has 1 aliphatic heterocycles. The van der Waals surface area contributed by atoms with Gasteiger partial charge in [0.2, 0.25) is 11.8 Å². The fraction of sp³-hybridized carbons (Fsp3) is 0.526. The summed E-state index contributed by atoms with van der Waals surface area (Å²) >= 11 is 0. The highest BCUT2D eigenvalue weighted by Gasteiger charge is 2.34. The summed E-state index contributed by atoms with van der Waals surface area (Å²) in [5, 5.41) is 2.72. The minimum absolute atomic E-state index is 0.0139. The number of ether oxygens (including phenoxy) is 1. The van der Waals surface area contributed by atoms with Crippen LogP contribution in [0.4, 0.5) is 0 Å². The molecule has 0 aliphatic carbocycles. The average molecular weight is 346 g/mol. The smallest absolute Gasteiger partial charge is 0.307 e. The maximum absolute atomic E-state index is 12.2. The summed E-state index contributed by atoms with van der Waals surface area (Å²) in [5.41, 5.74) is 2.22. The molecule has 1 atom stereocenters. The highest BCUT2D eigenvalue weighted by molar-refractivity contribution is 5.89. The fourth-order valence-electron chi connectivity index (χ4n) is 2.77. The second-order valence-electron chi connectivity index (χ2n) is 6.74. The van der Waals surface area contributed by atoms with Crippen molar-refractivity contribution in [1.29, 1.82) is 0 Å². The third-order valence-electron chi connectivity index (χ3n) is 4.07. The third kappa shape index (κ3) is 5.89. The molecule has 0 radical (unpaired) electrons. The van der Waals surface area contributed by atoms with Crippen LogP contribution in [0.1, 0.15) is 37.8 Å². The number of rotatable bonds is 7. The Kier molecular flexibility index (Phi) is 6.56. The van der Waals surface area contributed by atoms with Crippen LogP contribution in [0.25, 0.3) is 0 Å². The summed E-state index contributed by atoms with van der Waals surface area (Å²) in [7, 11) is 0. The number of nitrogens with one attached hydrogen (secondary N) is 1. The Hall–Kier alpha value is -2.37. The molecule has 1 fully saturated rings. The predicted molar refractivity (Wildman–Crippen MR) is 93.6 cm³/mol. The summed E-state index contributed by atoms with van der Waals surface area (Å²) in [6, 6.07) is 8.01. The van der Waals surface area contributed by atoms with Gasteiger partial charge in [-0.3, -0.25) is 14.4 Å². The molecule has 1 aromatic rings. The molecule has 0 saturated carbocycles. The van der Waals surface area contributed by atoms with E-state index in [4.69, 9.17) is 4.74 Å². The number of likely N-dealkylation sites (tertiary alicyclic amines) is 1. The van der Waals surface area contributed by atoms with Gasteiger partial charge in [0.05, 0.1) is 18.4 Å². The van der Waals surface area contributed by atoms with Crippen LogP contribution >= 0.6 is 0 Å². The monoisotopic (exact) mass is 346 g/mol. The maximum atomic E-state index is 12.2. The van der Waals surface area contributed by atoms with Crippen molar-refractivity contribution in [3.05, 3.63) is 35.4 Å². The van der Waals surface area contributed by atoms with Crippen LogP contribution in [0.3, 0.4) is 0 Å². The molecule has 1 saturated heterocycles. The Bertz CT molecular complexity index is 625. The number of benzene rings is 1. The highest BCUT2D eigenvalue weighted by atomic mass is 16.5. The van der Waals surface area contributed by atoms with Gasteiger partial charge >= 0.3 is 5.97 Å². The van der Waals surface area contributed by atoms with E-state index in [2.05, 4.69) is 5.32 Å². The first-order chi connectivity index (χ1) is 11.8. The summed E-state index contributed by atoms with van der Waals surface area (Å²) in [4.78, 5) is 37.5. The lowest BCUT2D eigenvalue weighted by Crippen LogP contribution is -2.34. The Balaban J connectivity index is 1.77. The molecule has 1 aromatic carbocycles. The molecule has 2 rings (SSSR count). The Morgan fingerprint density at radius 1 is 1.28 bits per heavy atom. The number of hydrogen-bond acceptors (Lipinski definition) is 4. The van der Waals surface area contributed by atoms with Crippen LogP contribution in [-0.2, 0) is 25.7 Å². The zero-order valence-corrected chi connectivity index (χ0v) is 15.1. The van der Waals surface area contributed by atoms with Crippen molar-refractivity contribution < 1.29 is 19.1 Å². The van der Waals surface area contributed by atoms with Gasteiger partial charge in [0.1, 0.15) is 0 Å². The van der Waals surface area contributed by atoms with Crippen LogP contribution in [0, 0.1) is 12.8 Å². The lowest BCUT2D eigenvalue weighted by Gasteiger charge is -2.17. The molecule has 1 aliphatic rings. The molecular formula is C19H26N2O4. The van der Waals surface area contributed by atoms with E-state index in [9.17, 15) is 14.4 Å². The van der Waals surface area contributed by atoms with Gasteiger partial charge in [-0.1, -0.05) is 29.8 Å². The predicted octanol–water partition coefficient (Wildman–Crippen LogP) is 1.80. The van der Waals surface area contributed by atoms with E-state index in [1.165, 1.54) is 5.56 Å². The van der Waals surface area contributed by atoms with Crippen molar-refractivity contribution in [2.75, 3.05) is 13.1 Å². The first-order valence-corrected chi connectivity index (χ1v) is 8.65. The van der Waals surface area contributed by atoms with Gasteiger partial charge < -0.3 is 15.0 Å². The van der Waals surface area contributed by atoms with Crippen LogP contribution in [0.2, 0.25) is 0 Å². The second kappa shape index (κ2) is 8.65. The third-order valence-corrected chi connectivity index (χ3v) is 4.07. The van der Waals surface area contributed by atoms with Crippen molar-refractivity contribution in [3.8, 4) is 0 Å². The Morgan fingerprint density at radius 3 is 2.60 bits per heavy atom. The molecule has 0 aromatic heterocycles. The zero-order valence-electron chi connectivity index (χ0n) is 15.1. The normalized spacial score (nSPS) is 17.0. The quantitative estimate of drug-likeness (QED) is 0.764. The molecule has 0 bridgehead atoms. The number of nitrogens with zero attached hydrogens (tertiary/aromatic N) is 1. The molecule has 6 nitrogen and oxygen atoms in total. The van der Waals surface area contributed by atoms with Crippen molar-refractivity contribution in [3.63, 3.8) is 0 Å². The average Bonchev–Trinajstić information content (AvgIpc) is 2.90. The zero-order chi connectivity index (χ0) is 18.4. The number of hydrogen-bond donors (Lipinski definition) is 1. The molecular weight excluding hydrogens is 320 g/mol. The van der Waals surface area contributed by atoms with Crippen molar-refractivity contribution in [2.45, 2.75) is 46.3 Å². The topological polar surface area (TPSA) is 75.7 Å². The number of aryl methyl sites for hydroxylation is 1. The van der Waals surface area contributed by atoms with Gasteiger partial charge in [0.25, 0.3) is 0 Å². The summed E-state index contributed by atoms with van der Waals surface area (Å²) < 4.78 is 5.01. The van der Waals surface area contributed by atoms with E-state index in [1.807, 2.05) is 31.2 Å². The van der Waals surface area contributed by atoms with Gasteiger partial charge in [-0.05, 0) is 26.3 Å². The number of esters is 1. The number of carbonyl (C=O) groups is 3. The molecule has 0 spiro atoms. The van der Waals surface area contributed by atoms with E-state index >= 15 is 0 Å². The van der Waals surface area contributed by atoms with Crippen LogP contribution in [0.15, 0.2) is 24.3 Å².